The molecule has 0 aliphatic carbocycles. The summed E-state index contributed by atoms with van der Waals surface area (Å²) in [6.07, 6.45) is 2.50. The Morgan fingerprint density at radius 3 is 2.61 bits per heavy atom. The average Bonchev–Trinajstić information content (AvgIpc) is 2.69. The number of hydrogen-bond acceptors (Lipinski definition) is 6. The summed E-state index contributed by atoms with van der Waals surface area (Å²) in [7, 11) is -4.03. The van der Waals surface area contributed by atoms with Gasteiger partial charge in [0.2, 0.25) is 5.91 Å². The van der Waals surface area contributed by atoms with Crippen molar-refractivity contribution in [3.63, 3.8) is 0 Å². The summed E-state index contributed by atoms with van der Waals surface area (Å²) in [6.45, 7) is 4.22. The van der Waals surface area contributed by atoms with Gasteiger partial charge in [-0.05, 0) is 56.9 Å². The van der Waals surface area contributed by atoms with Crippen molar-refractivity contribution in [1.29, 1.82) is 0 Å². The van der Waals surface area contributed by atoms with Crippen LogP contribution >= 0.6 is 0 Å². The number of nitrogens with zero attached hydrogens (tertiary/aromatic N) is 2. The summed E-state index contributed by atoms with van der Waals surface area (Å²) in [5.74, 6) is -0.476. The van der Waals surface area contributed by atoms with E-state index in [4.69, 9.17) is 5.73 Å². The van der Waals surface area contributed by atoms with Gasteiger partial charge in [-0.15, -0.1) is 0 Å². The van der Waals surface area contributed by atoms with Crippen LogP contribution in [0.5, 0.6) is 0 Å². The van der Waals surface area contributed by atoms with Crippen molar-refractivity contribution in [3.05, 3.63) is 57.6 Å². The third-order valence-electron chi connectivity index (χ3n) is 5.45. The zero-order valence-electron chi connectivity index (χ0n) is 17.5. The predicted octanol–water partition coefficient (Wildman–Crippen LogP) is 3.25. The average molecular weight is 447 g/mol. The summed E-state index contributed by atoms with van der Waals surface area (Å²) in [5.41, 5.74) is 7.48. The first-order chi connectivity index (χ1) is 14.6. The van der Waals surface area contributed by atoms with Crippen molar-refractivity contribution in [2.45, 2.75) is 50.5 Å². The fourth-order valence-corrected chi connectivity index (χ4v) is 5.10. The second kappa shape index (κ2) is 8.93. The molecule has 1 heterocycles. The van der Waals surface area contributed by atoms with Gasteiger partial charge >= 0.3 is 0 Å². The predicted molar refractivity (Wildman–Crippen MR) is 119 cm³/mol. The molecule has 166 valence electrons. The largest absolute Gasteiger partial charge is 0.370 e. The van der Waals surface area contributed by atoms with Crippen molar-refractivity contribution in [3.8, 4) is 0 Å². The van der Waals surface area contributed by atoms with Crippen LogP contribution in [0.2, 0.25) is 0 Å². The molecule has 2 aromatic rings. The van der Waals surface area contributed by atoms with Gasteiger partial charge in [0.1, 0.15) is 5.69 Å². The normalized spacial score (nSPS) is 16.7. The zero-order chi connectivity index (χ0) is 22.8. The Labute approximate surface area is 181 Å². The molecule has 0 spiro atoms. The topological polar surface area (TPSA) is 136 Å². The Morgan fingerprint density at radius 2 is 1.97 bits per heavy atom. The lowest BCUT2D eigenvalue weighted by atomic mass is 9.98. The molecule has 3 N–H and O–H groups in total. The minimum atomic E-state index is -4.03. The minimum absolute atomic E-state index is 0.0888. The molecule has 9 nitrogen and oxygen atoms in total. The fourth-order valence-electron chi connectivity index (χ4n) is 3.95. The number of nitro groups is 1. The van der Waals surface area contributed by atoms with E-state index in [1.165, 1.54) is 12.1 Å². The molecule has 10 heteroatoms. The molecule has 3 rings (SSSR count). The molecule has 31 heavy (non-hydrogen) atoms. The van der Waals surface area contributed by atoms with Gasteiger partial charge in [-0.3, -0.25) is 19.6 Å². The van der Waals surface area contributed by atoms with Crippen LogP contribution in [0, 0.1) is 24.0 Å². The summed E-state index contributed by atoms with van der Waals surface area (Å²) >= 11 is 0. The van der Waals surface area contributed by atoms with Gasteiger partial charge in [0.15, 0.2) is 0 Å². The van der Waals surface area contributed by atoms with Crippen molar-refractivity contribution < 1.29 is 18.1 Å². The van der Waals surface area contributed by atoms with Gasteiger partial charge in [0, 0.05) is 25.1 Å². The Morgan fingerprint density at radius 1 is 1.23 bits per heavy atom. The number of carbonyl (C=O) groups is 1. The number of nitrogens with one attached hydrogen (secondary N) is 1. The number of rotatable bonds is 7. The first-order valence-corrected chi connectivity index (χ1v) is 11.5. The Hall–Kier alpha value is -3.14. The SMILES string of the molecule is Cc1ccc(NS(=O)(=O)c2ccc(N3CCCC[C@H]3CC(N)=O)c([N+](=O)[O-])c2)c(C)c1. The Balaban J connectivity index is 1.97. The first kappa shape index (κ1) is 22.5. The van der Waals surface area contributed by atoms with Crippen LogP contribution < -0.4 is 15.4 Å². The molecule has 1 atom stereocenters. The quantitative estimate of drug-likeness (QED) is 0.495. The zero-order valence-corrected chi connectivity index (χ0v) is 18.3. The molecule has 1 saturated heterocycles. The molecule has 2 aromatic carbocycles. The maximum atomic E-state index is 12.9. The van der Waals surface area contributed by atoms with Crippen molar-refractivity contribution in [2.75, 3.05) is 16.2 Å². The standard InChI is InChI=1S/C21H26N4O5S/c1-14-6-8-18(15(2)11-14)23-31(29,30)17-7-9-19(20(13-17)25(27)28)24-10-4-3-5-16(24)12-21(22)26/h6-9,11,13,16,23H,3-5,10,12H2,1-2H3,(H2,22,26)/t16-/m0/s1. The summed E-state index contributed by atoms with van der Waals surface area (Å²) < 4.78 is 28.3. The van der Waals surface area contributed by atoms with Crippen LogP contribution in [-0.4, -0.2) is 31.8 Å². The van der Waals surface area contributed by atoms with Gasteiger partial charge in [-0.25, -0.2) is 8.42 Å². The molecule has 0 aromatic heterocycles. The van der Waals surface area contributed by atoms with Gasteiger partial charge in [0.25, 0.3) is 15.7 Å². The summed E-state index contributed by atoms with van der Waals surface area (Å²) in [5, 5.41) is 11.8. The van der Waals surface area contributed by atoms with Gasteiger partial charge in [-0.1, -0.05) is 17.7 Å². The lowest BCUT2D eigenvalue weighted by Gasteiger charge is -2.36. The Bertz CT molecular complexity index is 1120. The van der Waals surface area contributed by atoms with E-state index in [0.29, 0.717) is 24.3 Å². The second-order valence-corrected chi connectivity index (χ2v) is 9.53. The van der Waals surface area contributed by atoms with Crippen LogP contribution in [0.15, 0.2) is 41.3 Å². The first-order valence-electron chi connectivity index (χ1n) is 10.0. The van der Waals surface area contributed by atoms with Crippen molar-refractivity contribution in [1.82, 2.24) is 0 Å². The van der Waals surface area contributed by atoms with Crippen LogP contribution in [0.3, 0.4) is 0 Å². The highest BCUT2D eigenvalue weighted by molar-refractivity contribution is 7.92. The maximum Gasteiger partial charge on any atom is 0.293 e. The molecule has 0 unspecified atom stereocenters. The van der Waals surface area contributed by atoms with E-state index < -0.39 is 20.9 Å². The number of hydrogen-bond donors (Lipinski definition) is 2. The molecule has 0 saturated carbocycles. The lowest BCUT2D eigenvalue weighted by Crippen LogP contribution is -2.42. The third-order valence-corrected chi connectivity index (χ3v) is 6.82. The highest BCUT2D eigenvalue weighted by Crippen LogP contribution is 2.36. The smallest absolute Gasteiger partial charge is 0.293 e. The number of piperidine rings is 1. The molecule has 1 amide bonds. The van der Waals surface area contributed by atoms with Crippen molar-refractivity contribution >= 4 is 33.0 Å². The summed E-state index contributed by atoms with van der Waals surface area (Å²) in [4.78, 5) is 24.2. The third kappa shape index (κ3) is 5.13. The molecular formula is C21H26N4O5S. The highest BCUT2D eigenvalue weighted by Gasteiger charge is 2.30. The van der Waals surface area contributed by atoms with E-state index in [2.05, 4.69) is 4.72 Å². The molecule has 0 radical (unpaired) electrons. The second-order valence-electron chi connectivity index (χ2n) is 7.84. The number of amides is 1. The number of carbonyl (C=O) groups excluding carboxylic acids is 1. The minimum Gasteiger partial charge on any atom is -0.370 e. The Kier molecular flexibility index (Phi) is 6.49. The van der Waals surface area contributed by atoms with E-state index >= 15 is 0 Å². The number of benzene rings is 2. The monoisotopic (exact) mass is 446 g/mol. The molecule has 1 aliphatic heterocycles. The number of aryl methyl sites for hydroxylation is 2. The van der Waals surface area contributed by atoms with Crippen LogP contribution in [0.4, 0.5) is 17.1 Å². The molecular weight excluding hydrogens is 420 g/mol. The molecule has 1 fully saturated rings. The highest BCUT2D eigenvalue weighted by atomic mass is 32.2. The van der Waals surface area contributed by atoms with Gasteiger partial charge in [-0.2, -0.15) is 0 Å². The van der Waals surface area contributed by atoms with E-state index in [-0.39, 0.29) is 23.0 Å². The lowest BCUT2D eigenvalue weighted by molar-refractivity contribution is -0.384. The van der Waals surface area contributed by atoms with E-state index in [1.807, 2.05) is 13.0 Å². The van der Waals surface area contributed by atoms with E-state index in [1.54, 1.807) is 24.0 Å². The van der Waals surface area contributed by atoms with Gasteiger partial charge < -0.3 is 10.6 Å². The molecule has 1 aliphatic rings. The number of primary amides is 1. The fraction of sp³-hybridized carbons (Fsp3) is 0.381. The number of sulfonamides is 1. The van der Waals surface area contributed by atoms with Gasteiger partial charge in [0.05, 0.1) is 15.5 Å². The van der Waals surface area contributed by atoms with Crippen molar-refractivity contribution in [2.24, 2.45) is 5.73 Å². The van der Waals surface area contributed by atoms with E-state index in [0.717, 1.165) is 30.0 Å². The van der Waals surface area contributed by atoms with Crippen LogP contribution in [-0.2, 0) is 14.8 Å². The van der Waals surface area contributed by atoms with Crippen LogP contribution in [0.1, 0.15) is 36.8 Å². The number of anilines is 2. The number of nitrogens with two attached hydrogens (primary N) is 1. The van der Waals surface area contributed by atoms with E-state index in [9.17, 15) is 23.3 Å². The number of nitro benzene ring substituents is 1. The summed E-state index contributed by atoms with van der Waals surface area (Å²) in [6, 6.07) is 8.90. The maximum absolute atomic E-state index is 12.9. The molecule has 0 bridgehead atoms. The van der Waals surface area contributed by atoms with Crippen LogP contribution in [0.25, 0.3) is 0 Å².